The van der Waals surface area contributed by atoms with E-state index in [0.29, 0.717) is 11.3 Å². The van der Waals surface area contributed by atoms with Crippen LogP contribution < -0.4 is 4.74 Å². The Hall–Kier alpha value is -4.38. The minimum Gasteiger partial charge on any atom is -0.422 e. The maximum absolute atomic E-state index is 13.4. The Morgan fingerprint density at radius 2 is 1.59 bits per heavy atom. The predicted octanol–water partition coefficient (Wildman–Crippen LogP) is 6.40. The highest BCUT2D eigenvalue weighted by molar-refractivity contribution is 5.86. The number of aromatic nitrogens is 2. The van der Waals surface area contributed by atoms with Gasteiger partial charge >= 0.3 is 6.18 Å². The molecule has 1 aliphatic heterocycles. The monoisotopic (exact) mass is 458 g/mol. The van der Waals surface area contributed by atoms with E-state index in [4.69, 9.17) is 10.1 Å². The minimum absolute atomic E-state index is 0.0843. The van der Waals surface area contributed by atoms with E-state index in [1.165, 1.54) is 12.1 Å². The average Bonchev–Trinajstić information content (AvgIpc) is 3.26. The first-order valence-electron chi connectivity index (χ1n) is 10.4. The number of nitriles is 1. The average molecular weight is 458 g/mol. The lowest BCUT2D eigenvalue weighted by atomic mass is 9.78. The van der Waals surface area contributed by atoms with E-state index in [0.717, 1.165) is 28.8 Å². The van der Waals surface area contributed by atoms with Crippen LogP contribution in [-0.2, 0) is 6.18 Å². The minimum atomic E-state index is -4.54. The maximum atomic E-state index is 13.4. The summed E-state index contributed by atoms with van der Waals surface area (Å²) >= 11 is 0. The van der Waals surface area contributed by atoms with Crippen molar-refractivity contribution in [2.45, 2.75) is 12.1 Å². The number of H-pyrrole nitrogens is 1. The normalized spacial score (nSPS) is 17.5. The van der Waals surface area contributed by atoms with Gasteiger partial charge in [0.15, 0.2) is 0 Å². The number of rotatable bonds is 3. The van der Waals surface area contributed by atoms with Crippen LogP contribution in [0.5, 0.6) is 5.88 Å². The van der Waals surface area contributed by atoms with Crippen LogP contribution in [0.3, 0.4) is 0 Å². The number of hydrogen-bond donors (Lipinski definition) is 2. The molecule has 3 aromatic carbocycles. The van der Waals surface area contributed by atoms with Crippen LogP contribution >= 0.6 is 0 Å². The van der Waals surface area contributed by atoms with Crippen molar-refractivity contribution >= 4 is 5.90 Å². The number of alkyl halides is 3. The Morgan fingerprint density at radius 3 is 2.26 bits per heavy atom. The zero-order valence-electron chi connectivity index (χ0n) is 17.6. The molecule has 2 heterocycles. The molecule has 0 bridgehead atoms. The predicted molar refractivity (Wildman–Crippen MR) is 120 cm³/mol. The second-order valence-electron chi connectivity index (χ2n) is 7.93. The van der Waals surface area contributed by atoms with Crippen molar-refractivity contribution in [2.24, 2.45) is 5.92 Å². The molecule has 2 unspecified atom stereocenters. The SMILES string of the molecule is N#CC1C(=N)Oc2n[nH]c(-c3ccc(-c4ccccc4)cc3)c2C1c1cccc(C(F)(F)F)c1. The number of hydrogen-bond acceptors (Lipinski definition) is 4. The van der Waals surface area contributed by atoms with Crippen molar-refractivity contribution in [1.82, 2.24) is 10.2 Å². The second kappa shape index (κ2) is 8.19. The molecule has 5 nitrogen and oxygen atoms in total. The second-order valence-corrected chi connectivity index (χ2v) is 7.93. The molecule has 0 fully saturated rings. The molecule has 0 saturated heterocycles. The van der Waals surface area contributed by atoms with Gasteiger partial charge in [0, 0.05) is 11.5 Å². The third-order valence-electron chi connectivity index (χ3n) is 5.90. The van der Waals surface area contributed by atoms with E-state index in [1.807, 2.05) is 60.7 Å². The molecule has 4 aromatic rings. The van der Waals surface area contributed by atoms with Crippen molar-refractivity contribution in [2.75, 3.05) is 0 Å². The van der Waals surface area contributed by atoms with Crippen molar-refractivity contribution in [1.29, 1.82) is 10.7 Å². The van der Waals surface area contributed by atoms with E-state index >= 15 is 0 Å². The highest BCUT2D eigenvalue weighted by atomic mass is 19.4. The third-order valence-corrected chi connectivity index (χ3v) is 5.90. The van der Waals surface area contributed by atoms with Crippen LogP contribution in [0.15, 0.2) is 78.9 Å². The Bertz CT molecular complexity index is 1400. The lowest BCUT2D eigenvalue weighted by molar-refractivity contribution is -0.137. The van der Waals surface area contributed by atoms with Gasteiger partial charge in [-0.15, -0.1) is 5.10 Å². The van der Waals surface area contributed by atoms with Crippen LogP contribution in [0.1, 0.15) is 22.6 Å². The lowest BCUT2D eigenvalue weighted by Gasteiger charge is -2.28. The summed E-state index contributed by atoms with van der Waals surface area (Å²) in [5, 5.41) is 25.0. The van der Waals surface area contributed by atoms with Gasteiger partial charge in [-0.25, -0.2) is 0 Å². The molecule has 168 valence electrons. The Labute approximate surface area is 193 Å². The zero-order chi connectivity index (χ0) is 23.9. The number of ether oxygens (including phenoxy) is 1. The van der Waals surface area contributed by atoms with Crippen LogP contribution in [-0.4, -0.2) is 16.1 Å². The highest BCUT2D eigenvalue weighted by Gasteiger charge is 2.41. The van der Waals surface area contributed by atoms with Crippen LogP contribution in [0.25, 0.3) is 22.4 Å². The number of benzene rings is 3. The van der Waals surface area contributed by atoms with Gasteiger partial charge in [0.05, 0.1) is 22.9 Å². The molecule has 2 N–H and O–H groups in total. The summed E-state index contributed by atoms with van der Waals surface area (Å²) in [4.78, 5) is 0. The number of aromatic amines is 1. The number of nitrogens with one attached hydrogen (secondary N) is 2. The summed E-state index contributed by atoms with van der Waals surface area (Å²) < 4.78 is 45.7. The van der Waals surface area contributed by atoms with Gasteiger partial charge in [-0.1, -0.05) is 72.8 Å². The summed E-state index contributed by atoms with van der Waals surface area (Å²) in [6.45, 7) is 0. The fourth-order valence-electron chi connectivity index (χ4n) is 4.27. The van der Waals surface area contributed by atoms with Gasteiger partial charge in [-0.3, -0.25) is 10.5 Å². The summed E-state index contributed by atoms with van der Waals surface area (Å²) in [5.41, 5.74) is 3.21. The number of fused-ring (bicyclic) bond motifs is 1. The topological polar surface area (TPSA) is 85.6 Å². The molecule has 0 spiro atoms. The molecular formula is C26H17F3N4O. The fraction of sp³-hybridized carbons (Fsp3) is 0.115. The molecule has 0 radical (unpaired) electrons. The van der Waals surface area contributed by atoms with Gasteiger partial charge in [0.2, 0.25) is 11.8 Å². The third kappa shape index (κ3) is 3.71. The zero-order valence-corrected chi connectivity index (χ0v) is 17.6. The molecule has 0 aliphatic carbocycles. The first kappa shape index (κ1) is 21.5. The van der Waals surface area contributed by atoms with Gasteiger partial charge in [0.25, 0.3) is 0 Å². The Morgan fingerprint density at radius 1 is 0.912 bits per heavy atom. The quantitative estimate of drug-likeness (QED) is 0.372. The lowest BCUT2D eigenvalue weighted by Crippen LogP contribution is -2.31. The van der Waals surface area contributed by atoms with Gasteiger partial charge in [0.1, 0.15) is 5.92 Å². The van der Waals surface area contributed by atoms with E-state index < -0.39 is 23.6 Å². The summed E-state index contributed by atoms with van der Waals surface area (Å²) in [7, 11) is 0. The molecule has 1 aromatic heterocycles. The molecule has 1 aliphatic rings. The summed E-state index contributed by atoms with van der Waals surface area (Å²) in [5.74, 6) is -2.22. The van der Waals surface area contributed by atoms with Gasteiger partial charge in [-0.05, 0) is 22.8 Å². The Balaban J connectivity index is 1.62. The maximum Gasteiger partial charge on any atom is 0.416 e. The van der Waals surface area contributed by atoms with Crippen LogP contribution in [0.4, 0.5) is 13.2 Å². The number of nitrogens with zero attached hydrogens (tertiary/aromatic N) is 2. The van der Waals surface area contributed by atoms with Crippen molar-refractivity contribution in [3.05, 3.63) is 95.6 Å². The number of halogens is 3. The molecule has 8 heteroatoms. The summed E-state index contributed by atoms with van der Waals surface area (Å²) in [6.07, 6.45) is -4.54. The summed E-state index contributed by atoms with van der Waals surface area (Å²) in [6, 6.07) is 24.3. The standard InChI is InChI=1S/C26H17F3N4O/c27-26(28,29)19-8-4-7-18(13-19)21-20(14-30)24(31)34-25-22(21)23(32-33-25)17-11-9-16(10-12-17)15-5-2-1-3-6-15/h1-13,20-21,31H,(H,32,33). The fourth-order valence-corrected chi connectivity index (χ4v) is 4.27. The van der Waals surface area contributed by atoms with Crippen molar-refractivity contribution < 1.29 is 17.9 Å². The van der Waals surface area contributed by atoms with E-state index in [1.54, 1.807) is 0 Å². The molecular weight excluding hydrogens is 441 g/mol. The van der Waals surface area contributed by atoms with Gasteiger partial charge in [-0.2, -0.15) is 18.4 Å². The van der Waals surface area contributed by atoms with E-state index in [-0.39, 0.29) is 17.3 Å². The van der Waals surface area contributed by atoms with Crippen molar-refractivity contribution in [3.8, 4) is 34.3 Å². The molecule has 0 saturated carbocycles. The molecule has 5 rings (SSSR count). The molecule has 0 amide bonds. The smallest absolute Gasteiger partial charge is 0.416 e. The van der Waals surface area contributed by atoms with E-state index in [2.05, 4.69) is 10.2 Å². The van der Waals surface area contributed by atoms with Crippen LogP contribution in [0.2, 0.25) is 0 Å². The van der Waals surface area contributed by atoms with Crippen molar-refractivity contribution in [3.63, 3.8) is 0 Å². The van der Waals surface area contributed by atoms with Gasteiger partial charge < -0.3 is 4.74 Å². The molecule has 34 heavy (non-hydrogen) atoms. The first-order chi connectivity index (χ1) is 16.4. The highest BCUT2D eigenvalue weighted by Crippen LogP contribution is 2.46. The van der Waals surface area contributed by atoms with Crippen LogP contribution in [0, 0.1) is 22.7 Å². The Kier molecular flexibility index (Phi) is 5.17. The largest absolute Gasteiger partial charge is 0.422 e. The van der Waals surface area contributed by atoms with E-state index in [9.17, 15) is 18.4 Å². The molecule has 2 atom stereocenters. The first-order valence-corrected chi connectivity index (χ1v) is 10.4.